The topological polar surface area (TPSA) is 62.7 Å². The van der Waals surface area contributed by atoms with Crippen LogP contribution in [0.1, 0.15) is 17.4 Å². The zero-order chi connectivity index (χ0) is 12.0. The average molecular weight is 224 g/mol. The van der Waals surface area contributed by atoms with Crippen LogP contribution in [-0.2, 0) is 0 Å². The minimum Gasteiger partial charge on any atom is -0.491 e. The van der Waals surface area contributed by atoms with Crippen LogP contribution in [0.3, 0.4) is 0 Å². The summed E-state index contributed by atoms with van der Waals surface area (Å²) in [4.78, 5) is 17.3. The first kappa shape index (κ1) is 12.4. The maximum Gasteiger partial charge on any atom is 0.276 e. The van der Waals surface area contributed by atoms with Crippen molar-refractivity contribution in [1.82, 2.24) is 9.88 Å². The molecule has 16 heavy (non-hydrogen) atoms. The van der Waals surface area contributed by atoms with E-state index in [9.17, 15) is 4.79 Å². The van der Waals surface area contributed by atoms with Crippen molar-refractivity contribution in [3.05, 3.63) is 24.0 Å². The van der Waals surface area contributed by atoms with Gasteiger partial charge in [0.15, 0.2) is 11.4 Å². The van der Waals surface area contributed by atoms with Gasteiger partial charge in [-0.3, -0.25) is 4.79 Å². The van der Waals surface area contributed by atoms with Crippen LogP contribution in [0.5, 0.6) is 5.75 Å². The molecular formula is C11H16N2O3. The first-order valence-electron chi connectivity index (χ1n) is 5.14. The Morgan fingerprint density at radius 1 is 1.62 bits per heavy atom. The molecule has 1 aromatic heterocycles. The second-order valence-corrected chi connectivity index (χ2v) is 3.23. The average Bonchev–Trinajstić information content (AvgIpc) is 2.29. The van der Waals surface area contributed by atoms with Gasteiger partial charge in [-0.1, -0.05) is 0 Å². The van der Waals surface area contributed by atoms with Gasteiger partial charge in [-0.15, -0.1) is 0 Å². The number of likely N-dealkylation sites (N-methyl/N-ethyl adjacent to an activating group) is 1. The monoisotopic (exact) mass is 224 g/mol. The number of hydrogen-bond donors (Lipinski definition) is 1. The highest BCUT2D eigenvalue weighted by atomic mass is 16.5. The Hall–Kier alpha value is -1.62. The number of aliphatic hydroxyl groups is 1. The molecule has 88 valence electrons. The molecule has 0 aliphatic heterocycles. The number of aliphatic hydroxyl groups excluding tert-OH is 1. The number of rotatable bonds is 5. The lowest BCUT2D eigenvalue weighted by molar-refractivity contribution is 0.0756. The minimum absolute atomic E-state index is 0.0704. The fourth-order valence-electron chi connectivity index (χ4n) is 1.26. The van der Waals surface area contributed by atoms with Crippen molar-refractivity contribution in [2.45, 2.75) is 6.92 Å². The zero-order valence-corrected chi connectivity index (χ0v) is 9.51. The maximum atomic E-state index is 11.9. The highest BCUT2D eigenvalue weighted by Crippen LogP contribution is 2.16. The number of pyridine rings is 1. The summed E-state index contributed by atoms with van der Waals surface area (Å²) in [5.41, 5.74) is 0.278. The summed E-state index contributed by atoms with van der Waals surface area (Å²) in [6.07, 6.45) is 1.54. The van der Waals surface area contributed by atoms with Crippen LogP contribution in [-0.4, -0.2) is 47.7 Å². The Kier molecular flexibility index (Phi) is 4.72. The number of nitrogens with zero attached hydrogens (tertiary/aromatic N) is 2. The smallest absolute Gasteiger partial charge is 0.276 e. The van der Waals surface area contributed by atoms with Gasteiger partial charge in [0.05, 0.1) is 13.2 Å². The Bertz CT molecular complexity index is 355. The summed E-state index contributed by atoms with van der Waals surface area (Å²) in [5.74, 6) is 0.220. The van der Waals surface area contributed by atoms with Crippen LogP contribution in [0, 0.1) is 0 Å². The van der Waals surface area contributed by atoms with Crippen LogP contribution in [0.4, 0.5) is 0 Å². The van der Waals surface area contributed by atoms with Crippen molar-refractivity contribution in [3.8, 4) is 5.75 Å². The van der Waals surface area contributed by atoms with E-state index in [1.165, 1.54) is 4.90 Å². The molecule has 1 rings (SSSR count). The van der Waals surface area contributed by atoms with Crippen LogP contribution >= 0.6 is 0 Å². The Morgan fingerprint density at radius 2 is 2.38 bits per heavy atom. The molecule has 0 saturated heterocycles. The van der Waals surface area contributed by atoms with Crippen LogP contribution < -0.4 is 4.74 Å². The van der Waals surface area contributed by atoms with Gasteiger partial charge in [0.1, 0.15) is 0 Å². The van der Waals surface area contributed by atoms with E-state index >= 15 is 0 Å². The molecule has 0 bridgehead atoms. The Labute approximate surface area is 94.7 Å². The van der Waals surface area contributed by atoms with E-state index < -0.39 is 0 Å². The van der Waals surface area contributed by atoms with E-state index in [1.54, 1.807) is 25.4 Å². The largest absolute Gasteiger partial charge is 0.491 e. The number of carbonyl (C=O) groups excluding carboxylic acids is 1. The highest BCUT2D eigenvalue weighted by Gasteiger charge is 2.17. The molecule has 0 spiro atoms. The van der Waals surface area contributed by atoms with Gasteiger partial charge < -0.3 is 14.7 Å². The number of ether oxygens (including phenoxy) is 1. The zero-order valence-electron chi connectivity index (χ0n) is 9.51. The molecule has 0 saturated carbocycles. The van der Waals surface area contributed by atoms with Crippen molar-refractivity contribution >= 4 is 5.91 Å². The molecule has 5 nitrogen and oxygen atoms in total. The van der Waals surface area contributed by atoms with Gasteiger partial charge in [0.25, 0.3) is 5.91 Å². The molecule has 1 N–H and O–H groups in total. The summed E-state index contributed by atoms with van der Waals surface area (Å²) in [6.45, 7) is 2.54. The van der Waals surface area contributed by atoms with Crippen molar-refractivity contribution in [1.29, 1.82) is 0 Å². The van der Waals surface area contributed by atoms with Gasteiger partial charge in [0.2, 0.25) is 0 Å². The van der Waals surface area contributed by atoms with E-state index in [0.29, 0.717) is 12.4 Å². The van der Waals surface area contributed by atoms with Gasteiger partial charge in [-0.05, 0) is 19.1 Å². The lowest BCUT2D eigenvalue weighted by Crippen LogP contribution is -2.30. The summed E-state index contributed by atoms with van der Waals surface area (Å²) < 4.78 is 5.31. The molecule has 0 unspecified atom stereocenters. The third-order valence-corrected chi connectivity index (χ3v) is 2.06. The molecule has 5 heteroatoms. The van der Waals surface area contributed by atoms with Crippen molar-refractivity contribution in [3.63, 3.8) is 0 Å². The molecule has 0 aliphatic rings. The van der Waals surface area contributed by atoms with Crippen LogP contribution in [0.2, 0.25) is 0 Å². The normalized spacial score (nSPS) is 9.94. The Morgan fingerprint density at radius 3 is 3.00 bits per heavy atom. The molecule has 1 aromatic rings. The molecule has 0 fully saturated rings. The Balaban J connectivity index is 2.89. The first-order chi connectivity index (χ1) is 7.70. The van der Waals surface area contributed by atoms with Gasteiger partial charge in [-0.2, -0.15) is 0 Å². The summed E-state index contributed by atoms with van der Waals surface area (Å²) in [6, 6.07) is 3.42. The lowest BCUT2D eigenvalue weighted by atomic mass is 10.3. The van der Waals surface area contributed by atoms with Crippen molar-refractivity contribution in [2.75, 3.05) is 26.8 Å². The number of aromatic nitrogens is 1. The summed E-state index contributed by atoms with van der Waals surface area (Å²) in [5, 5.41) is 8.76. The number of hydrogen-bond acceptors (Lipinski definition) is 4. The maximum absolute atomic E-state index is 11.9. The fourth-order valence-corrected chi connectivity index (χ4v) is 1.26. The minimum atomic E-state index is -0.252. The second kappa shape index (κ2) is 6.07. The van der Waals surface area contributed by atoms with Crippen LogP contribution in [0.25, 0.3) is 0 Å². The van der Waals surface area contributed by atoms with Crippen molar-refractivity contribution in [2.24, 2.45) is 0 Å². The van der Waals surface area contributed by atoms with Gasteiger partial charge in [-0.25, -0.2) is 4.98 Å². The van der Waals surface area contributed by atoms with E-state index in [0.717, 1.165) is 0 Å². The van der Waals surface area contributed by atoms with E-state index in [-0.39, 0.29) is 24.8 Å². The summed E-state index contributed by atoms with van der Waals surface area (Å²) >= 11 is 0. The predicted molar refractivity (Wildman–Crippen MR) is 59.5 cm³/mol. The highest BCUT2D eigenvalue weighted by molar-refractivity contribution is 5.94. The third kappa shape index (κ3) is 2.93. The van der Waals surface area contributed by atoms with E-state index in [2.05, 4.69) is 4.98 Å². The number of amides is 1. The molecule has 0 radical (unpaired) electrons. The first-order valence-corrected chi connectivity index (χ1v) is 5.14. The second-order valence-electron chi connectivity index (χ2n) is 3.23. The third-order valence-electron chi connectivity index (χ3n) is 2.06. The van der Waals surface area contributed by atoms with Crippen molar-refractivity contribution < 1.29 is 14.6 Å². The number of carbonyl (C=O) groups is 1. The molecule has 1 heterocycles. The fraction of sp³-hybridized carbons (Fsp3) is 0.455. The SMILES string of the molecule is CCOc1cccnc1C(=O)N(C)CCO. The van der Waals surface area contributed by atoms with E-state index in [1.807, 2.05) is 6.92 Å². The molecule has 1 amide bonds. The molecule has 0 atom stereocenters. The standard InChI is InChI=1S/C11H16N2O3/c1-3-16-9-5-4-6-12-10(9)11(15)13(2)7-8-14/h4-6,14H,3,7-8H2,1-2H3. The van der Waals surface area contributed by atoms with Gasteiger partial charge >= 0.3 is 0 Å². The predicted octanol–water partition coefficient (Wildman–Crippen LogP) is 0.545. The summed E-state index contributed by atoms with van der Waals surface area (Å²) in [7, 11) is 1.61. The van der Waals surface area contributed by atoms with Crippen LogP contribution in [0.15, 0.2) is 18.3 Å². The quantitative estimate of drug-likeness (QED) is 0.793. The van der Waals surface area contributed by atoms with E-state index in [4.69, 9.17) is 9.84 Å². The molecule has 0 aliphatic carbocycles. The lowest BCUT2D eigenvalue weighted by Gasteiger charge is -2.16. The molecular weight excluding hydrogens is 208 g/mol. The van der Waals surface area contributed by atoms with Gasteiger partial charge in [0, 0.05) is 19.8 Å². The molecule has 0 aromatic carbocycles.